The molecule has 1 atom stereocenters. The quantitative estimate of drug-likeness (QED) is 0.774. The van der Waals surface area contributed by atoms with Crippen LogP contribution in [0.15, 0.2) is 18.2 Å². The number of aliphatic hydroxyl groups excluding tert-OH is 1. The molecule has 0 aromatic heterocycles. The standard InChI is InChI=1S/C12H16O2/c1-14-12-5-4-10-3-2-9(8-13)6-11(10)7-12/h4-5,7,9,13H,2-3,6,8H2,1H3. The molecule has 1 unspecified atom stereocenters. The number of aliphatic hydroxyl groups is 1. The van der Waals surface area contributed by atoms with Crippen LogP contribution < -0.4 is 4.74 Å². The van der Waals surface area contributed by atoms with Crippen molar-refractivity contribution in [3.63, 3.8) is 0 Å². The summed E-state index contributed by atoms with van der Waals surface area (Å²) in [7, 11) is 1.69. The number of ether oxygens (including phenoxy) is 1. The van der Waals surface area contributed by atoms with Crippen LogP contribution >= 0.6 is 0 Å². The molecule has 0 bridgehead atoms. The van der Waals surface area contributed by atoms with E-state index in [0.717, 1.165) is 25.0 Å². The fraction of sp³-hybridized carbons (Fsp3) is 0.500. The zero-order valence-corrected chi connectivity index (χ0v) is 8.49. The van der Waals surface area contributed by atoms with Crippen LogP contribution in [0.5, 0.6) is 5.75 Å². The number of methoxy groups -OCH3 is 1. The molecular weight excluding hydrogens is 176 g/mol. The molecule has 1 N–H and O–H groups in total. The lowest BCUT2D eigenvalue weighted by atomic mass is 9.84. The molecule has 1 aliphatic rings. The molecule has 1 aromatic rings. The van der Waals surface area contributed by atoms with Crippen molar-refractivity contribution < 1.29 is 9.84 Å². The minimum absolute atomic E-state index is 0.302. The Labute approximate surface area is 84.5 Å². The van der Waals surface area contributed by atoms with Gasteiger partial charge in [-0.2, -0.15) is 0 Å². The lowest BCUT2D eigenvalue weighted by molar-refractivity contribution is 0.213. The highest BCUT2D eigenvalue weighted by molar-refractivity contribution is 5.37. The third kappa shape index (κ3) is 1.75. The Hall–Kier alpha value is -1.02. The topological polar surface area (TPSA) is 29.5 Å². The summed E-state index contributed by atoms with van der Waals surface area (Å²) in [4.78, 5) is 0. The number of hydrogen-bond donors (Lipinski definition) is 1. The molecular formula is C12H16O2. The third-order valence-electron chi connectivity index (χ3n) is 3.00. The van der Waals surface area contributed by atoms with Crippen LogP contribution in [-0.4, -0.2) is 18.8 Å². The molecule has 0 amide bonds. The van der Waals surface area contributed by atoms with Crippen molar-refractivity contribution in [2.75, 3.05) is 13.7 Å². The first-order valence-electron chi connectivity index (χ1n) is 5.10. The maximum absolute atomic E-state index is 9.11. The minimum atomic E-state index is 0.302. The molecule has 0 fully saturated rings. The average Bonchev–Trinajstić information content (AvgIpc) is 2.27. The van der Waals surface area contributed by atoms with Gasteiger partial charge >= 0.3 is 0 Å². The zero-order valence-electron chi connectivity index (χ0n) is 8.49. The van der Waals surface area contributed by atoms with Gasteiger partial charge in [0.25, 0.3) is 0 Å². The van der Waals surface area contributed by atoms with E-state index in [4.69, 9.17) is 9.84 Å². The van der Waals surface area contributed by atoms with E-state index in [0.29, 0.717) is 12.5 Å². The summed E-state index contributed by atoms with van der Waals surface area (Å²) in [5.74, 6) is 1.36. The van der Waals surface area contributed by atoms with Crippen LogP contribution in [0.1, 0.15) is 17.5 Å². The summed E-state index contributed by atoms with van der Waals surface area (Å²) in [5.41, 5.74) is 2.75. The molecule has 0 radical (unpaired) electrons. The van der Waals surface area contributed by atoms with Crippen molar-refractivity contribution >= 4 is 0 Å². The van der Waals surface area contributed by atoms with E-state index in [1.165, 1.54) is 11.1 Å². The second-order valence-electron chi connectivity index (χ2n) is 3.93. The summed E-state index contributed by atoms with van der Waals surface area (Å²) in [6.07, 6.45) is 3.18. The Morgan fingerprint density at radius 2 is 2.29 bits per heavy atom. The van der Waals surface area contributed by atoms with E-state index >= 15 is 0 Å². The smallest absolute Gasteiger partial charge is 0.119 e. The van der Waals surface area contributed by atoms with E-state index in [2.05, 4.69) is 12.1 Å². The Balaban J connectivity index is 2.25. The van der Waals surface area contributed by atoms with Gasteiger partial charge in [0.05, 0.1) is 7.11 Å². The van der Waals surface area contributed by atoms with Gasteiger partial charge in [-0.05, 0) is 48.4 Å². The van der Waals surface area contributed by atoms with Gasteiger partial charge in [-0.25, -0.2) is 0 Å². The van der Waals surface area contributed by atoms with Crippen LogP contribution in [0, 0.1) is 5.92 Å². The molecule has 1 aliphatic carbocycles. The van der Waals surface area contributed by atoms with E-state index in [-0.39, 0.29) is 0 Å². The van der Waals surface area contributed by atoms with Crippen LogP contribution in [-0.2, 0) is 12.8 Å². The zero-order chi connectivity index (χ0) is 9.97. The number of hydrogen-bond acceptors (Lipinski definition) is 2. The molecule has 0 saturated heterocycles. The van der Waals surface area contributed by atoms with Crippen molar-refractivity contribution in [2.24, 2.45) is 5.92 Å². The van der Waals surface area contributed by atoms with E-state index in [1.54, 1.807) is 7.11 Å². The van der Waals surface area contributed by atoms with Gasteiger partial charge in [0.1, 0.15) is 5.75 Å². The molecule has 2 heteroatoms. The van der Waals surface area contributed by atoms with E-state index in [1.807, 2.05) is 6.07 Å². The van der Waals surface area contributed by atoms with Crippen LogP contribution in [0.3, 0.4) is 0 Å². The molecule has 76 valence electrons. The normalized spacial score (nSPS) is 20.3. The lowest BCUT2D eigenvalue weighted by Gasteiger charge is -2.23. The lowest BCUT2D eigenvalue weighted by Crippen LogP contribution is -2.17. The number of benzene rings is 1. The molecule has 1 aromatic carbocycles. The third-order valence-corrected chi connectivity index (χ3v) is 3.00. The van der Waals surface area contributed by atoms with Gasteiger partial charge in [0.15, 0.2) is 0 Å². The van der Waals surface area contributed by atoms with Crippen LogP contribution in [0.2, 0.25) is 0 Å². The number of aryl methyl sites for hydroxylation is 1. The maximum Gasteiger partial charge on any atom is 0.119 e. The van der Waals surface area contributed by atoms with Gasteiger partial charge in [0, 0.05) is 6.61 Å². The first-order chi connectivity index (χ1) is 6.83. The highest BCUT2D eigenvalue weighted by atomic mass is 16.5. The minimum Gasteiger partial charge on any atom is -0.497 e. The Morgan fingerprint density at radius 1 is 1.43 bits per heavy atom. The predicted octanol–water partition coefficient (Wildman–Crippen LogP) is 1.79. The maximum atomic E-state index is 9.11. The second kappa shape index (κ2) is 4.01. The van der Waals surface area contributed by atoms with E-state index < -0.39 is 0 Å². The van der Waals surface area contributed by atoms with Crippen molar-refractivity contribution in [2.45, 2.75) is 19.3 Å². The molecule has 0 heterocycles. The Bertz CT molecular complexity index is 320. The highest BCUT2D eigenvalue weighted by Crippen LogP contribution is 2.28. The van der Waals surface area contributed by atoms with Crippen molar-refractivity contribution in [3.8, 4) is 5.75 Å². The Morgan fingerprint density at radius 3 is 3.00 bits per heavy atom. The number of rotatable bonds is 2. The molecule has 2 nitrogen and oxygen atoms in total. The largest absolute Gasteiger partial charge is 0.497 e. The van der Waals surface area contributed by atoms with Crippen molar-refractivity contribution in [1.82, 2.24) is 0 Å². The van der Waals surface area contributed by atoms with Gasteiger partial charge < -0.3 is 9.84 Å². The number of fused-ring (bicyclic) bond motifs is 1. The summed E-state index contributed by atoms with van der Waals surface area (Å²) >= 11 is 0. The van der Waals surface area contributed by atoms with Gasteiger partial charge in [-0.15, -0.1) is 0 Å². The second-order valence-corrected chi connectivity index (χ2v) is 3.93. The molecule has 0 saturated carbocycles. The average molecular weight is 192 g/mol. The van der Waals surface area contributed by atoms with Gasteiger partial charge in [-0.1, -0.05) is 6.07 Å². The summed E-state index contributed by atoms with van der Waals surface area (Å²) < 4.78 is 5.19. The first-order valence-corrected chi connectivity index (χ1v) is 5.10. The predicted molar refractivity (Wildman–Crippen MR) is 55.6 cm³/mol. The summed E-state index contributed by atoms with van der Waals surface area (Å²) in [6.45, 7) is 0.302. The fourth-order valence-electron chi connectivity index (χ4n) is 2.09. The van der Waals surface area contributed by atoms with Crippen LogP contribution in [0.25, 0.3) is 0 Å². The van der Waals surface area contributed by atoms with Crippen molar-refractivity contribution in [1.29, 1.82) is 0 Å². The Kier molecular flexibility index (Phi) is 2.73. The van der Waals surface area contributed by atoms with Crippen molar-refractivity contribution in [3.05, 3.63) is 29.3 Å². The molecule has 2 rings (SSSR count). The van der Waals surface area contributed by atoms with Crippen LogP contribution in [0.4, 0.5) is 0 Å². The first kappa shape index (κ1) is 9.53. The SMILES string of the molecule is COc1ccc2c(c1)CC(CO)CC2. The molecule has 0 spiro atoms. The van der Waals surface area contributed by atoms with Gasteiger partial charge in [-0.3, -0.25) is 0 Å². The highest BCUT2D eigenvalue weighted by Gasteiger charge is 2.17. The fourth-order valence-corrected chi connectivity index (χ4v) is 2.09. The van der Waals surface area contributed by atoms with E-state index in [9.17, 15) is 0 Å². The van der Waals surface area contributed by atoms with Gasteiger partial charge in [0.2, 0.25) is 0 Å². The molecule has 14 heavy (non-hydrogen) atoms. The summed E-state index contributed by atoms with van der Waals surface area (Å²) in [6, 6.07) is 6.25. The monoisotopic (exact) mass is 192 g/mol. The summed E-state index contributed by atoms with van der Waals surface area (Å²) in [5, 5.41) is 9.11. The molecule has 0 aliphatic heterocycles.